The number of nitrogens with zero attached hydrogens (tertiary/aromatic N) is 3. The van der Waals surface area contributed by atoms with Crippen LogP contribution in [0.2, 0.25) is 0 Å². The number of carbonyl (C=O) groups excluding carboxylic acids is 1. The number of aliphatic hydroxyl groups is 1. The minimum absolute atomic E-state index is 0.189. The third kappa shape index (κ3) is 4.45. The Morgan fingerprint density at radius 2 is 2.09 bits per heavy atom. The van der Waals surface area contributed by atoms with E-state index < -0.39 is 5.60 Å². The fraction of sp³-hybridized carbons (Fsp3) is 0.529. The second-order valence-corrected chi connectivity index (χ2v) is 6.41. The van der Waals surface area contributed by atoms with Crippen molar-refractivity contribution >= 4 is 17.1 Å². The van der Waals surface area contributed by atoms with Gasteiger partial charge in [0.1, 0.15) is 5.82 Å². The molecule has 0 atom stereocenters. The van der Waals surface area contributed by atoms with Crippen LogP contribution in [0.5, 0.6) is 0 Å². The van der Waals surface area contributed by atoms with Crippen LogP contribution in [0.3, 0.4) is 0 Å². The van der Waals surface area contributed by atoms with Gasteiger partial charge in [0.15, 0.2) is 0 Å². The molecule has 2 rings (SSSR count). The van der Waals surface area contributed by atoms with E-state index in [1.807, 2.05) is 18.2 Å². The van der Waals surface area contributed by atoms with Crippen molar-refractivity contribution in [3.63, 3.8) is 0 Å². The Balaban J connectivity index is 1.95. The number of hydrogen-bond acceptors (Lipinski definition) is 3. The maximum Gasteiger partial charge on any atom is 0.317 e. The number of amides is 2. The average molecular weight is 318 g/mol. The van der Waals surface area contributed by atoms with E-state index in [1.165, 1.54) is 4.90 Å². The molecule has 23 heavy (non-hydrogen) atoms. The Labute approximate surface area is 137 Å². The van der Waals surface area contributed by atoms with Crippen molar-refractivity contribution in [3.8, 4) is 0 Å². The van der Waals surface area contributed by atoms with Gasteiger partial charge in [0.2, 0.25) is 0 Å². The second-order valence-electron chi connectivity index (χ2n) is 6.41. The summed E-state index contributed by atoms with van der Waals surface area (Å²) < 4.78 is 2.17. The number of benzene rings is 1. The summed E-state index contributed by atoms with van der Waals surface area (Å²) in [7, 11) is 1.68. The van der Waals surface area contributed by atoms with Crippen molar-refractivity contribution in [1.82, 2.24) is 19.8 Å². The van der Waals surface area contributed by atoms with E-state index in [1.54, 1.807) is 20.9 Å². The predicted octanol–water partition coefficient (Wildman–Crippen LogP) is 2.01. The van der Waals surface area contributed by atoms with Crippen LogP contribution in [-0.4, -0.2) is 51.3 Å². The Bertz CT molecular complexity index is 673. The number of likely N-dealkylation sites (N-methyl/N-ethyl adjacent to an activating group) is 1. The van der Waals surface area contributed by atoms with E-state index in [0.29, 0.717) is 13.0 Å². The maximum absolute atomic E-state index is 12.0. The minimum Gasteiger partial charge on any atom is -0.389 e. The molecule has 0 aliphatic heterocycles. The van der Waals surface area contributed by atoms with Gasteiger partial charge in [-0.25, -0.2) is 9.78 Å². The predicted molar refractivity (Wildman–Crippen MR) is 91.4 cm³/mol. The van der Waals surface area contributed by atoms with Gasteiger partial charge >= 0.3 is 6.03 Å². The Hall–Kier alpha value is -2.08. The van der Waals surface area contributed by atoms with Crippen LogP contribution in [0, 0.1) is 0 Å². The molecule has 0 saturated carbocycles. The van der Waals surface area contributed by atoms with Crippen LogP contribution in [0.25, 0.3) is 11.0 Å². The van der Waals surface area contributed by atoms with Gasteiger partial charge in [-0.2, -0.15) is 0 Å². The normalized spacial score (nSPS) is 11.7. The lowest BCUT2D eigenvalue weighted by atomic mass is 10.1. The molecule has 2 N–H and O–H groups in total. The molecule has 0 radical (unpaired) electrons. The summed E-state index contributed by atoms with van der Waals surface area (Å²) in [6, 6.07) is 7.86. The standard InChI is InChI=1S/C17H26N4O2/c1-5-21-14-9-7-6-8-13(14)19-15(21)10-11-18-16(22)20(4)12-17(2,3)23/h6-9,23H,5,10-12H2,1-4H3,(H,18,22). The number of carbonyl (C=O) groups is 1. The van der Waals surface area contributed by atoms with Gasteiger partial charge in [0, 0.05) is 26.6 Å². The molecule has 126 valence electrons. The fourth-order valence-electron chi connectivity index (χ4n) is 2.74. The molecule has 0 saturated heterocycles. The molecule has 0 aliphatic carbocycles. The Kier molecular flexibility index (Phi) is 5.26. The summed E-state index contributed by atoms with van der Waals surface area (Å²) in [5.74, 6) is 0.971. The number of hydrogen-bond donors (Lipinski definition) is 2. The van der Waals surface area contributed by atoms with Crippen LogP contribution < -0.4 is 5.32 Å². The molecule has 6 nitrogen and oxygen atoms in total. The lowest BCUT2D eigenvalue weighted by Gasteiger charge is -2.25. The van der Waals surface area contributed by atoms with Crippen molar-refractivity contribution in [3.05, 3.63) is 30.1 Å². The van der Waals surface area contributed by atoms with E-state index in [4.69, 9.17) is 0 Å². The number of urea groups is 1. The molecule has 6 heteroatoms. The van der Waals surface area contributed by atoms with Gasteiger partial charge in [0.05, 0.1) is 23.2 Å². The van der Waals surface area contributed by atoms with Gasteiger partial charge in [0.25, 0.3) is 0 Å². The quantitative estimate of drug-likeness (QED) is 0.856. The molecule has 0 unspecified atom stereocenters. The highest BCUT2D eigenvalue weighted by Crippen LogP contribution is 2.16. The number of para-hydroxylation sites is 2. The van der Waals surface area contributed by atoms with E-state index in [0.717, 1.165) is 23.4 Å². The third-order valence-corrected chi connectivity index (χ3v) is 3.65. The van der Waals surface area contributed by atoms with E-state index in [9.17, 15) is 9.90 Å². The zero-order valence-corrected chi connectivity index (χ0v) is 14.3. The molecule has 1 heterocycles. The summed E-state index contributed by atoms with van der Waals surface area (Å²) in [6.07, 6.45) is 0.671. The summed E-state index contributed by atoms with van der Waals surface area (Å²) >= 11 is 0. The van der Waals surface area contributed by atoms with Crippen LogP contribution in [-0.2, 0) is 13.0 Å². The lowest BCUT2D eigenvalue weighted by Crippen LogP contribution is -2.45. The fourth-order valence-corrected chi connectivity index (χ4v) is 2.74. The van der Waals surface area contributed by atoms with Gasteiger partial charge in [-0.3, -0.25) is 0 Å². The zero-order chi connectivity index (χ0) is 17.0. The van der Waals surface area contributed by atoms with Crippen LogP contribution >= 0.6 is 0 Å². The van der Waals surface area contributed by atoms with Crippen molar-refractivity contribution in [2.45, 2.75) is 39.3 Å². The minimum atomic E-state index is -0.901. The monoisotopic (exact) mass is 318 g/mol. The summed E-state index contributed by atoms with van der Waals surface area (Å²) in [4.78, 5) is 18.1. The molecule has 0 aliphatic rings. The maximum atomic E-state index is 12.0. The summed E-state index contributed by atoms with van der Waals surface area (Å²) in [6.45, 7) is 7.10. The van der Waals surface area contributed by atoms with E-state index >= 15 is 0 Å². The molecular formula is C17H26N4O2. The number of imidazole rings is 1. The first-order chi connectivity index (χ1) is 10.8. The Morgan fingerprint density at radius 3 is 2.74 bits per heavy atom. The van der Waals surface area contributed by atoms with E-state index in [2.05, 4.69) is 27.9 Å². The first-order valence-corrected chi connectivity index (χ1v) is 7.97. The van der Waals surface area contributed by atoms with Gasteiger partial charge in [-0.1, -0.05) is 12.1 Å². The number of aromatic nitrogens is 2. The molecule has 0 fully saturated rings. The number of aryl methyl sites for hydroxylation is 1. The van der Waals surface area contributed by atoms with Crippen molar-refractivity contribution < 1.29 is 9.90 Å². The molecule has 2 aromatic rings. The molecule has 2 amide bonds. The molecule has 1 aromatic heterocycles. The molecular weight excluding hydrogens is 292 g/mol. The van der Waals surface area contributed by atoms with E-state index in [-0.39, 0.29) is 12.6 Å². The van der Waals surface area contributed by atoms with Crippen LogP contribution in [0.1, 0.15) is 26.6 Å². The topological polar surface area (TPSA) is 70.4 Å². The SMILES string of the molecule is CCn1c(CCNC(=O)N(C)CC(C)(C)O)nc2ccccc21. The van der Waals surface area contributed by atoms with Gasteiger partial charge < -0.3 is 19.9 Å². The molecule has 0 bridgehead atoms. The van der Waals surface area contributed by atoms with Crippen LogP contribution in [0.15, 0.2) is 24.3 Å². The largest absolute Gasteiger partial charge is 0.389 e. The Morgan fingerprint density at radius 1 is 1.39 bits per heavy atom. The average Bonchev–Trinajstić information content (AvgIpc) is 2.82. The number of rotatable bonds is 6. The zero-order valence-electron chi connectivity index (χ0n) is 14.3. The highest BCUT2D eigenvalue weighted by molar-refractivity contribution is 5.76. The first-order valence-electron chi connectivity index (χ1n) is 7.97. The molecule has 0 spiro atoms. The smallest absolute Gasteiger partial charge is 0.317 e. The van der Waals surface area contributed by atoms with Gasteiger partial charge in [-0.15, -0.1) is 0 Å². The number of fused-ring (bicyclic) bond motifs is 1. The molecule has 1 aromatic carbocycles. The highest BCUT2D eigenvalue weighted by atomic mass is 16.3. The van der Waals surface area contributed by atoms with Crippen molar-refractivity contribution in [2.24, 2.45) is 0 Å². The summed E-state index contributed by atoms with van der Waals surface area (Å²) in [5.41, 5.74) is 1.20. The van der Waals surface area contributed by atoms with Gasteiger partial charge in [-0.05, 0) is 32.9 Å². The summed E-state index contributed by atoms with van der Waals surface area (Å²) in [5, 5.41) is 12.6. The van der Waals surface area contributed by atoms with Crippen molar-refractivity contribution in [1.29, 1.82) is 0 Å². The van der Waals surface area contributed by atoms with Crippen LogP contribution in [0.4, 0.5) is 4.79 Å². The van der Waals surface area contributed by atoms with Crippen molar-refractivity contribution in [2.75, 3.05) is 20.1 Å². The highest BCUT2D eigenvalue weighted by Gasteiger charge is 2.19. The first kappa shape index (κ1) is 17.3. The second kappa shape index (κ2) is 7.00. The lowest BCUT2D eigenvalue weighted by molar-refractivity contribution is 0.0532. The third-order valence-electron chi connectivity index (χ3n) is 3.65. The number of nitrogens with one attached hydrogen (secondary N) is 1.